The molecule has 92 valence electrons. The summed E-state index contributed by atoms with van der Waals surface area (Å²) in [5.41, 5.74) is 0. The highest BCUT2D eigenvalue weighted by Crippen LogP contribution is 2.11. The molecule has 0 saturated carbocycles. The maximum Gasteiger partial charge on any atom is 0.409 e. The van der Waals surface area contributed by atoms with Crippen LogP contribution >= 0.6 is 0 Å². The van der Waals surface area contributed by atoms with Gasteiger partial charge in [0.25, 0.3) is 0 Å². The highest BCUT2D eigenvalue weighted by atomic mass is 16.6. The molecule has 2 saturated heterocycles. The average molecular weight is 226 g/mol. The number of hydrogen-bond donors (Lipinski definition) is 1. The molecule has 1 amide bonds. The zero-order valence-corrected chi connectivity index (χ0v) is 9.91. The molecule has 2 fully saturated rings. The molecule has 0 bridgehead atoms. The Kier molecular flexibility index (Phi) is 4.45. The molecule has 1 unspecified atom stereocenters. The fourth-order valence-electron chi connectivity index (χ4n) is 2.41. The van der Waals surface area contributed by atoms with Gasteiger partial charge >= 0.3 is 6.09 Å². The van der Waals surface area contributed by atoms with Crippen molar-refractivity contribution < 1.29 is 9.53 Å². The van der Waals surface area contributed by atoms with Crippen molar-refractivity contribution in [1.82, 2.24) is 10.2 Å². The summed E-state index contributed by atoms with van der Waals surface area (Å²) < 4.78 is 5.35. The van der Waals surface area contributed by atoms with Crippen molar-refractivity contribution in [3.05, 3.63) is 0 Å². The lowest BCUT2D eigenvalue weighted by molar-refractivity contribution is 0.0833. The molecule has 0 aromatic rings. The highest BCUT2D eigenvalue weighted by molar-refractivity contribution is 5.67. The van der Waals surface area contributed by atoms with Crippen molar-refractivity contribution in [1.29, 1.82) is 0 Å². The van der Waals surface area contributed by atoms with Crippen LogP contribution in [-0.4, -0.2) is 43.3 Å². The number of rotatable bonds is 2. The highest BCUT2D eigenvalue weighted by Gasteiger charge is 2.20. The molecule has 2 aliphatic heterocycles. The smallest absolute Gasteiger partial charge is 0.409 e. The quantitative estimate of drug-likeness (QED) is 0.780. The number of nitrogens with one attached hydrogen (secondary N) is 1. The predicted octanol–water partition coefficient (Wildman–Crippen LogP) is 1.75. The van der Waals surface area contributed by atoms with Crippen molar-refractivity contribution in [2.45, 2.75) is 44.6 Å². The van der Waals surface area contributed by atoms with Crippen LogP contribution in [-0.2, 0) is 4.74 Å². The Balaban J connectivity index is 1.65. The fourth-order valence-corrected chi connectivity index (χ4v) is 2.41. The molecule has 0 radical (unpaired) electrons. The van der Waals surface area contributed by atoms with E-state index in [1.165, 1.54) is 19.3 Å². The second-order valence-corrected chi connectivity index (χ2v) is 4.77. The van der Waals surface area contributed by atoms with Crippen molar-refractivity contribution in [2.75, 3.05) is 26.2 Å². The number of carbonyl (C=O) groups excluding carboxylic acids is 1. The van der Waals surface area contributed by atoms with Gasteiger partial charge in [0.2, 0.25) is 0 Å². The van der Waals surface area contributed by atoms with Crippen molar-refractivity contribution in [3.63, 3.8) is 0 Å². The Labute approximate surface area is 97.3 Å². The molecule has 2 rings (SSSR count). The van der Waals surface area contributed by atoms with Gasteiger partial charge in [0.05, 0.1) is 0 Å². The first-order valence-corrected chi connectivity index (χ1v) is 6.51. The van der Waals surface area contributed by atoms with Crippen LogP contribution < -0.4 is 5.32 Å². The minimum Gasteiger partial charge on any atom is -0.448 e. The third-order valence-electron chi connectivity index (χ3n) is 3.43. The number of ether oxygens (including phenoxy) is 1. The molecule has 2 heterocycles. The molecular weight excluding hydrogens is 204 g/mol. The van der Waals surface area contributed by atoms with Crippen molar-refractivity contribution >= 4 is 6.09 Å². The molecule has 0 aromatic heterocycles. The van der Waals surface area contributed by atoms with Gasteiger partial charge in [0, 0.05) is 19.1 Å². The zero-order valence-electron chi connectivity index (χ0n) is 9.91. The van der Waals surface area contributed by atoms with Crippen LogP contribution in [0.3, 0.4) is 0 Å². The molecule has 0 spiro atoms. The largest absolute Gasteiger partial charge is 0.448 e. The van der Waals surface area contributed by atoms with E-state index in [2.05, 4.69) is 5.32 Å². The minimum atomic E-state index is -0.118. The number of carbonyl (C=O) groups is 1. The van der Waals surface area contributed by atoms with Gasteiger partial charge in [-0.15, -0.1) is 0 Å². The summed E-state index contributed by atoms with van der Waals surface area (Å²) >= 11 is 0. The van der Waals surface area contributed by atoms with Gasteiger partial charge in [-0.3, -0.25) is 0 Å². The number of likely N-dealkylation sites (tertiary alicyclic amines) is 1. The van der Waals surface area contributed by atoms with Gasteiger partial charge in [0.1, 0.15) is 6.61 Å². The molecule has 0 aliphatic carbocycles. The predicted molar refractivity (Wildman–Crippen MR) is 62.4 cm³/mol. The number of amides is 1. The zero-order chi connectivity index (χ0) is 11.2. The van der Waals surface area contributed by atoms with E-state index in [0.29, 0.717) is 12.6 Å². The van der Waals surface area contributed by atoms with E-state index in [4.69, 9.17) is 4.74 Å². The average Bonchev–Trinajstić information content (AvgIpc) is 2.38. The van der Waals surface area contributed by atoms with Crippen LogP contribution in [0.4, 0.5) is 4.79 Å². The lowest BCUT2D eigenvalue weighted by Gasteiger charge is -2.28. The van der Waals surface area contributed by atoms with Gasteiger partial charge in [-0.05, 0) is 38.6 Å². The Morgan fingerprint density at radius 3 is 2.69 bits per heavy atom. The van der Waals surface area contributed by atoms with Gasteiger partial charge in [0.15, 0.2) is 0 Å². The molecule has 2 aliphatic rings. The molecule has 4 nitrogen and oxygen atoms in total. The fraction of sp³-hybridized carbons (Fsp3) is 0.917. The maximum atomic E-state index is 11.7. The van der Waals surface area contributed by atoms with E-state index in [-0.39, 0.29) is 6.09 Å². The summed E-state index contributed by atoms with van der Waals surface area (Å²) in [4.78, 5) is 13.6. The monoisotopic (exact) mass is 226 g/mol. The van der Waals surface area contributed by atoms with Gasteiger partial charge in [-0.2, -0.15) is 0 Å². The van der Waals surface area contributed by atoms with Crippen LogP contribution in [0.2, 0.25) is 0 Å². The van der Waals surface area contributed by atoms with Gasteiger partial charge in [-0.25, -0.2) is 4.79 Å². The molecule has 0 aromatic carbocycles. The van der Waals surface area contributed by atoms with Crippen molar-refractivity contribution in [3.8, 4) is 0 Å². The van der Waals surface area contributed by atoms with Gasteiger partial charge in [-0.1, -0.05) is 6.42 Å². The Hall–Kier alpha value is -0.770. The van der Waals surface area contributed by atoms with Crippen LogP contribution in [0.25, 0.3) is 0 Å². The lowest BCUT2D eigenvalue weighted by Crippen LogP contribution is -2.41. The molecule has 4 heteroatoms. The summed E-state index contributed by atoms with van der Waals surface area (Å²) in [6.45, 7) is 3.34. The summed E-state index contributed by atoms with van der Waals surface area (Å²) in [5.74, 6) is 0. The molecule has 1 atom stereocenters. The summed E-state index contributed by atoms with van der Waals surface area (Å²) in [6.07, 6.45) is 7.00. The van der Waals surface area contributed by atoms with E-state index < -0.39 is 0 Å². The molecule has 16 heavy (non-hydrogen) atoms. The number of piperidine rings is 2. The first-order chi connectivity index (χ1) is 7.86. The van der Waals surface area contributed by atoms with E-state index in [1.807, 2.05) is 4.90 Å². The van der Waals surface area contributed by atoms with Crippen LogP contribution in [0.5, 0.6) is 0 Å². The lowest BCUT2D eigenvalue weighted by atomic mass is 10.1. The van der Waals surface area contributed by atoms with Crippen LogP contribution in [0.15, 0.2) is 0 Å². The number of hydrogen-bond acceptors (Lipinski definition) is 3. The topological polar surface area (TPSA) is 41.6 Å². The second kappa shape index (κ2) is 6.09. The van der Waals surface area contributed by atoms with E-state index in [1.54, 1.807) is 0 Å². The molecular formula is C12H22N2O2. The minimum absolute atomic E-state index is 0.118. The maximum absolute atomic E-state index is 11.7. The van der Waals surface area contributed by atoms with Gasteiger partial charge < -0.3 is 15.0 Å². The van der Waals surface area contributed by atoms with Crippen molar-refractivity contribution in [2.24, 2.45) is 0 Å². The second-order valence-electron chi connectivity index (χ2n) is 4.77. The first kappa shape index (κ1) is 11.7. The Bertz CT molecular complexity index is 221. The van der Waals surface area contributed by atoms with Crippen LogP contribution in [0.1, 0.15) is 38.5 Å². The summed E-state index contributed by atoms with van der Waals surface area (Å²) in [6, 6.07) is 0.377. The van der Waals surface area contributed by atoms with E-state index in [0.717, 1.165) is 38.9 Å². The first-order valence-electron chi connectivity index (χ1n) is 6.51. The SMILES string of the molecule is O=C(OCC1CCCCN1)N1CCCCC1. The summed E-state index contributed by atoms with van der Waals surface area (Å²) in [5, 5.41) is 3.38. The number of nitrogens with zero attached hydrogens (tertiary/aromatic N) is 1. The standard InChI is InChI=1S/C12H22N2O2/c15-12(14-8-4-1-5-9-14)16-10-11-6-2-3-7-13-11/h11,13H,1-10H2. The Morgan fingerprint density at radius 2 is 2.00 bits per heavy atom. The molecule has 1 N–H and O–H groups in total. The Morgan fingerprint density at radius 1 is 1.19 bits per heavy atom. The third-order valence-corrected chi connectivity index (χ3v) is 3.43. The van der Waals surface area contributed by atoms with E-state index >= 15 is 0 Å². The third kappa shape index (κ3) is 3.37. The summed E-state index contributed by atoms with van der Waals surface area (Å²) in [7, 11) is 0. The van der Waals surface area contributed by atoms with Crippen LogP contribution in [0, 0.1) is 0 Å². The normalized spacial score (nSPS) is 26.5. The van der Waals surface area contributed by atoms with E-state index in [9.17, 15) is 4.79 Å².